The molecule has 2 atom stereocenters. The number of amidine groups is 1. The predicted octanol–water partition coefficient (Wildman–Crippen LogP) is 3.35. The van der Waals surface area contributed by atoms with Gasteiger partial charge in [-0.1, -0.05) is 22.7 Å². The molecular weight excluding hydrogens is 419 g/mol. The van der Waals surface area contributed by atoms with E-state index < -0.39 is 34.8 Å². The topological polar surface area (TPSA) is 93.7 Å². The Morgan fingerprint density at radius 3 is 2.97 bits per heavy atom. The molecule has 1 amide bonds. The molecular formula is C19H18F3N5O2S. The van der Waals surface area contributed by atoms with Gasteiger partial charge in [0, 0.05) is 11.3 Å². The summed E-state index contributed by atoms with van der Waals surface area (Å²) in [4.78, 5) is 24.1. The number of aromatic nitrogens is 2. The van der Waals surface area contributed by atoms with Crippen molar-refractivity contribution >= 4 is 28.5 Å². The summed E-state index contributed by atoms with van der Waals surface area (Å²) < 4.78 is 47.9. The van der Waals surface area contributed by atoms with E-state index in [0.717, 1.165) is 32.1 Å². The lowest BCUT2D eigenvalue weighted by atomic mass is 9.81. The molecule has 2 aromatic rings. The average molecular weight is 437 g/mol. The minimum Gasteiger partial charge on any atom is -0.479 e. The van der Waals surface area contributed by atoms with Crippen LogP contribution in [0.1, 0.15) is 35.3 Å². The van der Waals surface area contributed by atoms with Crippen LogP contribution in [0.4, 0.5) is 18.9 Å². The fourth-order valence-corrected chi connectivity index (χ4v) is 5.12. The van der Waals surface area contributed by atoms with Gasteiger partial charge < -0.3 is 10.5 Å². The Hall–Kier alpha value is -2.82. The number of anilines is 1. The average Bonchev–Trinajstić information content (AvgIpc) is 3.16. The number of ether oxygens (including phenoxy) is 1. The van der Waals surface area contributed by atoms with E-state index >= 15 is 4.48 Å². The molecule has 1 aliphatic carbocycles. The Balaban J connectivity index is 1.73. The highest BCUT2D eigenvalue weighted by Gasteiger charge is 2.48. The number of halogens is 3. The van der Waals surface area contributed by atoms with Crippen molar-refractivity contribution in [1.82, 2.24) is 9.97 Å². The van der Waals surface area contributed by atoms with Gasteiger partial charge in [-0.25, -0.2) is 9.37 Å². The summed E-state index contributed by atoms with van der Waals surface area (Å²) in [5, 5.41) is 0.163. The molecule has 1 aliphatic heterocycles. The number of benzene rings is 1. The van der Waals surface area contributed by atoms with Crippen LogP contribution in [0.5, 0.6) is 5.88 Å². The molecule has 1 fully saturated rings. The molecule has 0 bridgehead atoms. The maximum Gasteiger partial charge on any atom is 0.310 e. The van der Waals surface area contributed by atoms with Crippen molar-refractivity contribution < 1.29 is 22.8 Å². The third kappa shape index (κ3) is 3.36. The van der Waals surface area contributed by atoms with Gasteiger partial charge in [0.2, 0.25) is 11.8 Å². The normalized spacial score (nSPS) is 22.9. The Bertz CT molecular complexity index is 1040. The van der Waals surface area contributed by atoms with Crippen LogP contribution in [-0.2, 0) is 5.54 Å². The molecule has 0 radical (unpaired) electrons. The number of amides is 1. The van der Waals surface area contributed by atoms with Gasteiger partial charge in [0.15, 0.2) is 10.9 Å². The highest BCUT2D eigenvalue weighted by molar-refractivity contribution is 8.13. The molecule has 4 rings (SSSR count). The third-order valence-electron chi connectivity index (χ3n) is 5.46. The summed E-state index contributed by atoms with van der Waals surface area (Å²) in [6.07, 6.45) is 2.95. The number of hydrogen-bond donors (Lipinski definition) is 1. The highest BCUT2D eigenvalue weighted by atomic mass is 32.2. The number of nitrogens with two attached hydrogens (primary N) is 1. The molecule has 2 N–H and O–H groups in total. The zero-order valence-electron chi connectivity index (χ0n) is 15.9. The SMILES string of the molecule is COc1nc(F)cnc1C(=O)N(F)c1ccc(F)c([C@]23CCC[C@H]2CSC(N)=N3)c1. The van der Waals surface area contributed by atoms with E-state index in [1.165, 1.54) is 17.8 Å². The zero-order valence-corrected chi connectivity index (χ0v) is 16.8. The first-order valence-corrected chi connectivity index (χ1v) is 10.2. The van der Waals surface area contributed by atoms with Crippen LogP contribution in [0, 0.1) is 17.7 Å². The summed E-state index contributed by atoms with van der Waals surface area (Å²) >= 11 is 1.42. The fourth-order valence-electron chi connectivity index (χ4n) is 4.08. The maximum absolute atomic E-state index is 15.0. The van der Waals surface area contributed by atoms with Crippen molar-refractivity contribution in [3.8, 4) is 5.88 Å². The Morgan fingerprint density at radius 2 is 2.20 bits per heavy atom. The van der Waals surface area contributed by atoms with Gasteiger partial charge >= 0.3 is 5.91 Å². The molecule has 1 saturated carbocycles. The second-order valence-corrected chi connectivity index (χ2v) is 8.12. The van der Waals surface area contributed by atoms with Crippen molar-refractivity contribution in [2.45, 2.75) is 24.8 Å². The molecule has 0 saturated heterocycles. The largest absolute Gasteiger partial charge is 0.479 e. The van der Waals surface area contributed by atoms with Crippen molar-refractivity contribution in [3.63, 3.8) is 0 Å². The first kappa shape index (κ1) is 20.5. The molecule has 11 heteroatoms. The number of nitrogens with zero attached hydrogens (tertiary/aromatic N) is 4. The number of carbonyl (C=O) groups excluding carboxylic acids is 1. The fraction of sp³-hybridized carbons (Fsp3) is 0.368. The summed E-state index contributed by atoms with van der Waals surface area (Å²) in [6, 6.07) is 3.49. The number of hydrogen-bond acceptors (Lipinski definition) is 7. The molecule has 2 aliphatic rings. The van der Waals surface area contributed by atoms with Crippen LogP contribution in [-0.4, -0.2) is 33.9 Å². The van der Waals surface area contributed by atoms with Gasteiger partial charge in [0.1, 0.15) is 5.82 Å². The lowest BCUT2D eigenvalue weighted by molar-refractivity contribution is 0.0921. The molecule has 158 valence electrons. The van der Waals surface area contributed by atoms with Gasteiger partial charge in [-0.2, -0.15) is 9.37 Å². The van der Waals surface area contributed by atoms with E-state index in [-0.39, 0.29) is 22.3 Å². The van der Waals surface area contributed by atoms with Gasteiger partial charge in [-0.05, 0) is 37.0 Å². The number of fused-ring (bicyclic) bond motifs is 1. The van der Waals surface area contributed by atoms with Gasteiger partial charge in [0.05, 0.1) is 24.5 Å². The quantitative estimate of drug-likeness (QED) is 0.738. The van der Waals surface area contributed by atoms with Gasteiger partial charge in [0.25, 0.3) is 0 Å². The summed E-state index contributed by atoms with van der Waals surface area (Å²) in [5.41, 5.74) is 4.51. The minimum atomic E-state index is -1.22. The molecule has 0 spiro atoms. The summed E-state index contributed by atoms with van der Waals surface area (Å²) in [6.45, 7) is 0. The number of thioether (sulfide) groups is 1. The van der Waals surface area contributed by atoms with Gasteiger partial charge in [-0.3, -0.25) is 9.79 Å². The van der Waals surface area contributed by atoms with Crippen molar-refractivity contribution in [1.29, 1.82) is 0 Å². The second-order valence-electron chi connectivity index (χ2n) is 7.08. The Morgan fingerprint density at radius 1 is 1.40 bits per heavy atom. The smallest absolute Gasteiger partial charge is 0.310 e. The summed E-state index contributed by atoms with van der Waals surface area (Å²) in [7, 11) is 1.15. The van der Waals surface area contributed by atoms with E-state index in [9.17, 15) is 13.6 Å². The number of aliphatic imine (C=N–C) groups is 1. The first-order chi connectivity index (χ1) is 14.4. The Kier molecular flexibility index (Phi) is 5.31. The first-order valence-electron chi connectivity index (χ1n) is 9.20. The standard InChI is InChI=1S/C19H18F3N5O2S/c1-29-16-15(24-8-14(21)25-16)17(28)27(22)11-4-5-13(20)12(7-11)19-6-2-3-10(19)9-30-18(23)26-19/h4-5,7-8,10H,2-3,6,9H2,1H3,(H2,23,26)/t10-,19-/m0/s1. The minimum absolute atomic E-state index is 0.0615. The van der Waals surface area contributed by atoms with E-state index in [1.807, 2.05) is 0 Å². The molecule has 0 unspecified atom stereocenters. The van der Waals surface area contributed by atoms with Crippen LogP contribution < -0.4 is 15.6 Å². The monoisotopic (exact) mass is 437 g/mol. The molecule has 1 aromatic carbocycles. The van der Waals surface area contributed by atoms with Crippen LogP contribution >= 0.6 is 11.8 Å². The zero-order chi connectivity index (χ0) is 21.5. The van der Waals surface area contributed by atoms with Gasteiger partial charge in [-0.15, -0.1) is 5.12 Å². The van der Waals surface area contributed by atoms with Crippen LogP contribution in [0.2, 0.25) is 0 Å². The molecule has 1 aromatic heterocycles. The Labute approximate surface area is 174 Å². The molecule has 7 nitrogen and oxygen atoms in total. The van der Waals surface area contributed by atoms with E-state index in [1.54, 1.807) is 0 Å². The second kappa shape index (κ2) is 7.78. The van der Waals surface area contributed by atoms with Crippen molar-refractivity contribution in [2.75, 3.05) is 18.0 Å². The molecule has 30 heavy (non-hydrogen) atoms. The molecule has 2 heterocycles. The summed E-state index contributed by atoms with van der Waals surface area (Å²) in [5.74, 6) is -2.45. The van der Waals surface area contributed by atoms with Crippen LogP contribution in [0.25, 0.3) is 0 Å². The lowest BCUT2D eigenvalue weighted by Crippen LogP contribution is -2.37. The van der Waals surface area contributed by atoms with Crippen molar-refractivity contribution in [3.05, 3.63) is 47.4 Å². The van der Waals surface area contributed by atoms with Crippen molar-refractivity contribution in [2.24, 2.45) is 16.6 Å². The van der Waals surface area contributed by atoms with E-state index in [4.69, 9.17) is 10.5 Å². The van der Waals surface area contributed by atoms with E-state index in [2.05, 4.69) is 15.0 Å². The predicted molar refractivity (Wildman–Crippen MR) is 106 cm³/mol. The third-order valence-corrected chi connectivity index (χ3v) is 6.41. The van der Waals surface area contributed by atoms with Crippen LogP contribution in [0.15, 0.2) is 29.4 Å². The lowest BCUT2D eigenvalue weighted by Gasteiger charge is -2.36. The highest BCUT2D eigenvalue weighted by Crippen LogP contribution is 2.51. The van der Waals surface area contributed by atoms with Crippen LogP contribution in [0.3, 0.4) is 0 Å². The maximum atomic E-state index is 15.0. The number of carbonyl (C=O) groups is 1. The number of rotatable bonds is 4. The number of methoxy groups -OCH3 is 1. The van der Waals surface area contributed by atoms with E-state index in [0.29, 0.717) is 23.5 Å².